The lowest BCUT2D eigenvalue weighted by atomic mass is 9.90. The number of likely N-dealkylation sites (tertiary alicyclic amines) is 1. The van der Waals surface area contributed by atoms with Gasteiger partial charge in [0.05, 0.1) is 0 Å². The molecule has 1 amide bonds. The summed E-state index contributed by atoms with van der Waals surface area (Å²) in [6.07, 6.45) is 9.35. The van der Waals surface area contributed by atoms with Crippen LogP contribution in [0.25, 0.3) is 0 Å². The number of carbonyl (C=O) groups is 1. The van der Waals surface area contributed by atoms with E-state index in [-0.39, 0.29) is 6.09 Å². The summed E-state index contributed by atoms with van der Waals surface area (Å²) in [5.41, 5.74) is 0.923. The molecule has 2 rings (SSSR count). The van der Waals surface area contributed by atoms with E-state index >= 15 is 0 Å². The number of hydrogen-bond donors (Lipinski definition) is 0. The molecule has 26 heavy (non-hydrogen) atoms. The second-order valence-corrected chi connectivity index (χ2v) is 8.60. The first-order valence-electron chi connectivity index (χ1n) is 9.80. The summed E-state index contributed by atoms with van der Waals surface area (Å²) in [6, 6.07) is 4.67. The third kappa shape index (κ3) is 6.60. The van der Waals surface area contributed by atoms with Crippen LogP contribution in [0.15, 0.2) is 24.5 Å². The van der Waals surface area contributed by atoms with Gasteiger partial charge in [-0.15, -0.1) is 0 Å². The molecular weight excluding hydrogens is 326 g/mol. The van der Waals surface area contributed by atoms with Crippen molar-refractivity contribution in [3.8, 4) is 0 Å². The predicted octanol–water partition coefficient (Wildman–Crippen LogP) is 4.50. The standard InChI is InChI=1S/C21H35N3O2/c1-21(2,3)26-20(25)24-15-11-17(12-16-24)7-6-8-19(23(4)5)18-9-13-22-14-10-18/h9-10,13-14,17,19H,6-8,11-12,15-16H2,1-5H3. The van der Waals surface area contributed by atoms with Crippen molar-refractivity contribution in [1.29, 1.82) is 0 Å². The third-order valence-corrected chi connectivity index (χ3v) is 5.07. The van der Waals surface area contributed by atoms with Crippen LogP contribution in [0.3, 0.4) is 0 Å². The lowest BCUT2D eigenvalue weighted by molar-refractivity contribution is 0.0180. The van der Waals surface area contributed by atoms with E-state index in [1.807, 2.05) is 38.1 Å². The van der Waals surface area contributed by atoms with E-state index in [9.17, 15) is 4.79 Å². The topological polar surface area (TPSA) is 45.7 Å². The van der Waals surface area contributed by atoms with E-state index in [1.165, 1.54) is 18.4 Å². The van der Waals surface area contributed by atoms with Gasteiger partial charge in [-0.25, -0.2) is 4.79 Å². The van der Waals surface area contributed by atoms with E-state index in [0.717, 1.165) is 32.4 Å². The number of ether oxygens (including phenoxy) is 1. The number of hydrogen-bond acceptors (Lipinski definition) is 4. The Labute approximate surface area is 158 Å². The molecule has 0 aromatic carbocycles. The van der Waals surface area contributed by atoms with Crippen molar-refractivity contribution < 1.29 is 9.53 Å². The normalized spacial score (nSPS) is 17.4. The third-order valence-electron chi connectivity index (χ3n) is 5.07. The maximum absolute atomic E-state index is 12.1. The maximum Gasteiger partial charge on any atom is 0.410 e. The molecule has 0 bridgehead atoms. The van der Waals surface area contributed by atoms with Crippen LogP contribution in [-0.4, -0.2) is 53.7 Å². The fraction of sp³-hybridized carbons (Fsp3) is 0.714. The van der Waals surface area contributed by atoms with Crippen molar-refractivity contribution in [2.24, 2.45) is 5.92 Å². The van der Waals surface area contributed by atoms with E-state index in [4.69, 9.17) is 4.74 Å². The number of piperidine rings is 1. The average Bonchev–Trinajstić information content (AvgIpc) is 2.58. The number of nitrogens with zero attached hydrogens (tertiary/aromatic N) is 3. The van der Waals surface area contributed by atoms with Crippen molar-refractivity contribution in [1.82, 2.24) is 14.8 Å². The number of carbonyl (C=O) groups excluding carboxylic acids is 1. The van der Waals surface area contributed by atoms with Gasteiger partial charge in [0, 0.05) is 31.5 Å². The molecule has 1 aromatic heterocycles. The van der Waals surface area contributed by atoms with Gasteiger partial charge in [0.15, 0.2) is 0 Å². The number of rotatable bonds is 6. The van der Waals surface area contributed by atoms with Gasteiger partial charge in [-0.05, 0) is 77.7 Å². The monoisotopic (exact) mass is 361 g/mol. The van der Waals surface area contributed by atoms with Crippen LogP contribution >= 0.6 is 0 Å². The average molecular weight is 362 g/mol. The van der Waals surface area contributed by atoms with Crippen LogP contribution < -0.4 is 0 Å². The second kappa shape index (κ2) is 9.36. The Balaban J connectivity index is 1.73. The molecule has 146 valence electrons. The molecule has 0 aliphatic carbocycles. The zero-order valence-corrected chi connectivity index (χ0v) is 17.1. The predicted molar refractivity (Wildman–Crippen MR) is 105 cm³/mol. The summed E-state index contributed by atoms with van der Waals surface area (Å²) >= 11 is 0. The second-order valence-electron chi connectivity index (χ2n) is 8.60. The first-order valence-corrected chi connectivity index (χ1v) is 9.80. The molecule has 0 saturated carbocycles. The number of aromatic nitrogens is 1. The Morgan fingerprint density at radius 1 is 1.27 bits per heavy atom. The highest BCUT2D eigenvalue weighted by atomic mass is 16.6. The molecule has 5 nitrogen and oxygen atoms in total. The van der Waals surface area contributed by atoms with Gasteiger partial charge >= 0.3 is 6.09 Å². The molecule has 1 atom stereocenters. The Morgan fingerprint density at radius 3 is 2.42 bits per heavy atom. The fourth-order valence-corrected chi connectivity index (χ4v) is 3.64. The van der Waals surface area contributed by atoms with Crippen molar-refractivity contribution in [3.63, 3.8) is 0 Å². The van der Waals surface area contributed by atoms with Gasteiger partial charge in [0.2, 0.25) is 0 Å². The highest BCUT2D eigenvalue weighted by Crippen LogP contribution is 2.28. The highest BCUT2D eigenvalue weighted by molar-refractivity contribution is 5.68. The minimum Gasteiger partial charge on any atom is -0.444 e. The highest BCUT2D eigenvalue weighted by Gasteiger charge is 2.26. The quantitative estimate of drug-likeness (QED) is 0.748. The van der Waals surface area contributed by atoms with E-state index < -0.39 is 5.60 Å². The molecule has 1 unspecified atom stereocenters. The van der Waals surface area contributed by atoms with Crippen LogP contribution in [0.1, 0.15) is 64.5 Å². The van der Waals surface area contributed by atoms with E-state index in [1.54, 1.807) is 0 Å². The summed E-state index contributed by atoms with van der Waals surface area (Å²) in [6.45, 7) is 7.40. The van der Waals surface area contributed by atoms with Crippen molar-refractivity contribution in [2.45, 2.75) is 64.5 Å². The Morgan fingerprint density at radius 2 is 1.88 bits per heavy atom. The van der Waals surface area contributed by atoms with Crippen LogP contribution in [-0.2, 0) is 4.74 Å². The lowest BCUT2D eigenvalue weighted by Crippen LogP contribution is -2.41. The lowest BCUT2D eigenvalue weighted by Gasteiger charge is -2.33. The van der Waals surface area contributed by atoms with Crippen molar-refractivity contribution in [3.05, 3.63) is 30.1 Å². The maximum atomic E-state index is 12.1. The van der Waals surface area contributed by atoms with Gasteiger partial charge in [0.25, 0.3) is 0 Å². The van der Waals surface area contributed by atoms with Crippen LogP contribution in [0.2, 0.25) is 0 Å². The van der Waals surface area contributed by atoms with Gasteiger partial charge in [-0.3, -0.25) is 4.98 Å². The molecule has 0 radical (unpaired) electrons. The zero-order chi connectivity index (χ0) is 19.2. The van der Waals surface area contributed by atoms with Gasteiger partial charge in [0.1, 0.15) is 5.60 Å². The molecule has 5 heteroatoms. The summed E-state index contributed by atoms with van der Waals surface area (Å²) in [5.74, 6) is 0.717. The molecule has 0 spiro atoms. The Hall–Kier alpha value is -1.62. The van der Waals surface area contributed by atoms with Gasteiger partial charge < -0.3 is 14.5 Å². The van der Waals surface area contributed by atoms with E-state index in [2.05, 4.69) is 36.1 Å². The first kappa shape index (κ1) is 20.7. The largest absolute Gasteiger partial charge is 0.444 e. The number of amides is 1. The summed E-state index contributed by atoms with van der Waals surface area (Å²) in [4.78, 5) is 20.4. The molecular formula is C21H35N3O2. The summed E-state index contributed by atoms with van der Waals surface area (Å²) in [5, 5.41) is 0. The molecule has 0 N–H and O–H groups in total. The summed E-state index contributed by atoms with van der Waals surface area (Å²) < 4.78 is 5.48. The molecule has 1 saturated heterocycles. The smallest absolute Gasteiger partial charge is 0.410 e. The van der Waals surface area contributed by atoms with Crippen molar-refractivity contribution in [2.75, 3.05) is 27.2 Å². The van der Waals surface area contributed by atoms with Gasteiger partial charge in [-0.1, -0.05) is 12.8 Å². The minimum absolute atomic E-state index is 0.165. The summed E-state index contributed by atoms with van der Waals surface area (Å²) in [7, 11) is 4.29. The molecule has 1 aliphatic rings. The first-order chi connectivity index (χ1) is 12.3. The van der Waals surface area contributed by atoms with Crippen LogP contribution in [0.4, 0.5) is 4.79 Å². The minimum atomic E-state index is -0.415. The molecule has 2 heterocycles. The van der Waals surface area contributed by atoms with Crippen molar-refractivity contribution >= 4 is 6.09 Å². The fourth-order valence-electron chi connectivity index (χ4n) is 3.64. The van der Waals surface area contributed by atoms with E-state index in [0.29, 0.717) is 12.0 Å². The molecule has 1 fully saturated rings. The van der Waals surface area contributed by atoms with Crippen LogP contribution in [0, 0.1) is 5.92 Å². The molecule has 1 aromatic rings. The van der Waals surface area contributed by atoms with Gasteiger partial charge in [-0.2, -0.15) is 0 Å². The SMILES string of the molecule is CN(C)C(CCCC1CCN(C(=O)OC(C)(C)C)CC1)c1ccncc1. The zero-order valence-electron chi connectivity index (χ0n) is 17.1. The Kier molecular flexibility index (Phi) is 7.44. The molecule has 1 aliphatic heterocycles. The Bertz CT molecular complexity index is 546. The number of pyridine rings is 1. The van der Waals surface area contributed by atoms with Crippen LogP contribution in [0.5, 0.6) is 0 Å².